The Balaban J connectivity index is 1.33. The summed E-state index contributed by atoms with van der Waals surface area (Å²) in [6, 6.07) is 23.8. The molecule has 11 heteroatoms. The van der Waals surface area contributed by atoms with Gasteiger partial charge in [0, 0.05) is 18.1 Å². The van der Waals surface area contributed by atoms with Crippen LogP contribution in [0.3, 0.4) is 0 Å². The van der Waals surface area contributed by atoms with Gasteiger partial charge >= 0.3 is 12.1 Å². The van der Waals surface area contributed by atoms with Crippen molar-refractivity contribution in [3.63, 3.8) is 0 Å². The second kappa shape index (κ2) is 13.9. The van der Waals surface area contributed by atoms with Crippen LogP contribution < -0.4 is 20.1 Å². The van der Waals surface area contributed by atoms with Crippen molar-refractivity contribution < 1.29 is 33.4 Å². The minimum absolute atomic E-state index is 0.215. The predicted octanol–water partition coefficient (Wildman–Crippen LogP) is 5.58. The Kier molecular flexibility index (Phi) is 9.55. The Labute approximate surface area is 249 Å². The number of carbonyl (C=O) groups excluding carboxylic acids is 2. The van der Waals surface area contributed by atoms with Crippen LogP contribution in [0.1, 0.15) is 18.5 Å². The van der Waals surface area contributed by atoms with Gasteiger partial charge < -0.3 is 34.5 Å². The number of aliphatic hydroxyl groups is 1. The molecule has 4 amide bonds. The van der Waals surface area contributed by atoms with Crippen LogP contribution in [0.5, 0.6) is 11.5 Å². The molecule has 4 aromatic rings. The Morgan fingerprint density at radius 3 is 2.07 bits per heavy atom. The van der Waals surface area contributed by atoms with Gasteiger partial charge in [0.05, 0.1) is 50.0 Å². The van der Waals surface area contributed by atoms with E-state index in [2.05, 4.69) is 15.8 Å². The molecule has 43 heavy (non-hydrogen) atoms. The zero-order valence-electron chi connectivity index (χ0n) is 23.9. The topological polar surface area (TPSA) is 135 Å². The fraction of sp³-hybridized carbons (Fsp3) is 0.281. The predicted molar refractivity (Wildman–Crippen MR) is 160 cm³/mol. The number of hydrogen-bond acceptors (Lipinski definition) is 8. The first-order chi connectivity index (χ1) is 20.9. The molecule has 0 spiro atoms. The van der Waals surface area contributed by atoms with E-state index in [0.29, 0.717) is 53.6 Å². The van der Waals surface area contributed by atoms with Gasteiger partial charge in [0.15, 0.2) is 5.76 Å². The molecule has 11 nitrogen and oxygen atoms in total. The lowest BCUT2D eigenvalue weighted by Crippen LogP contribution is -2.52. The lowest BCUT2D eigenvalue weighted by molar-refractivity contribution is -0.119. The Morgan fingerprint density at radius 1 is 0.884 bits per heavy atom. The molecule has 1 saturated heterocycles. The van der Waals surface area contributed by atoms with E-state index in [9.17, 15) is 14.7 Å². The summed E-state index contributed by atoms with van der Waals surface area (Å²) in [6.45, 7) is -0.215. The largest absolute Gasteiger partial charge is 0.495 e. The summed E-state index contributed by atoms with van der Waals surface area (Å²) >= 11 is 0. The van der Waals surface area contributed by atoms with Crippen molar-refractivity contribution in [1.82, 2.24) is 10.1 Å². The van der Waals surface area contributed by atoms with Crippen LogP contribution in [-0.4, -0.2) is 66.3 Å². The number of nitrogens with one attached hydrogen (secondary N) is 2. The number of aliphatic hydroxyl groups excluding tert-OH is 1. The van der Waals surface area contributed by atoms with E-state index in [4.69, 9.17) is 18.7 Å². The summed E-state index contributed by atoms with van der Waals surface area (Å²) in [6.07, 6.45) is -0.597. The van der Waals surface area contributed by atoms with Crippen molar-refractivity contribution in [3.05, 3.63) is 90.6 Å². The van der Waals surface area contributed by atoms with E-state index in [1.54, 1.807) is 48.5 Å². The zero-order chi connectivity index (χ0) is 30.2. The van der Waals surface area contributed by atoms with Gasteiger partial charge in [-0.2, -0.15) is 0 Å². The average Bonchev–Trinajstić information content (AvgIpc) is 3.50. The highest BCUT2D eigenvalue weighted by Crippen LogP contribution is 2.28. The summed E-state index contributed by atoms with van der Waals surface area (Å²) in [5.74, 6) is 1.50. The number of aromatic nitrogens is 1. The number of rotatable bonds is 9. The van der Waals surface area contributed by atoms with Crippen molar-refractivity contribution >= 4 is 23.4 Å². The Bertz CT molecular complexity index is 1470. The van der Waals surface area contributed by atoms with Crippen LogP contribution in [-0.2, 0) is 11.2 Å². The molecule has 0 bridgehead atoms. The van der Waals surface area contributed by atoms with Gasteiger partial charge in [-0.25, -0.2) is 14.5 Å². The number of carbonyl (C=O) groups is 2. The minimum atomic E-state index is -0.894. The van der Waals surface area contributed by atoms with Crippen molar-refractivity contribution in [2.45, 2.75) is 37.6 Å². The van der Waals surface area contributed by atoms with Gasteiger partial charge in [0.2, 0.25) is 0 Å². The van der Waals surface area contributed by atoms with Crippen molar-refractivity contribution in [2.75, 3.05) is 31.4 Å². The van der Waals surface area contributed by atoms with E-state index in [1.807, 2.05) is 36.4 Å². The fourth-order valence-corrected chi connectivity index (χ4v) is 4.94. The molecule has 1 fully saturated rings. The number of amides is 4. The van der Waals surface area contributed by atoms with E-state index in [0.717, 1.165) is 10.5 Å². The summed E-state index contributed by atoms with van der Waals surface area (Å²) in [7, 11) is 2.97. The van der Waals surface area contributed by atoms with Crippen molar-refractivity contribution in [3.8, 4) is 22.8 Å². The van der Waals surface area contributed by atoms with Crippen LogP contribution in [0.4, 0.5) is 21.0 Å². The molecule has 2 heterocycles. The standard InChI is InChI=1S/C32H34N4O7/c1-40-27-14-8-6-12-24(27)33-31(38)36(32(39)34-25-13-7-9-15-28(25)41-2)20-30-26(37)17-16-23(42-30)18-22-19-29(43-35-22)21-10-4-3-5-11-21/h3-15,19,23,26,30,37H,16-18,20H2,1-2H3,(H,33,38)(H,34,39). The molecule has 1 aliphatic rings. The van der Waals surface area contributed by atoms with E-state index in [-0.39, 0.29) is 12.6 Å². The van der Waals surface area contributed by atoms with Gasteiger partial charge in [0.25, 0.3) is 0 Å². The van der Waals surface area contributed by atoms with Gasteiger partial charge in [-0.1, -0.05) is 59.8 Å². The highest BCUT2D eigenvalue weighted by atomic mass is 16.5. The Hall–Kier alpha value is -4.87. The van der Waals surface area contributed by atoms with Crippen molar-refractivity contribution in [2.24, 2.45) is 0 Å². The third kappa shape index (κ3) is 7.32. The fourth-order valence-electron chi connectivity index (χ4n) is 4.94. The molecule has 1 aromatic heterocycles. The van der Waals surface area contributed by atoms with Crippen LogP contribution in [0.15, 0.2) is 89.5 Å². The maximum atomic E-state index is 13.6. The van der Waals surface area contributed by atoms with E-state index < -0.39 is 24.3 Å². The first kappa shape index (κ1) is 29.6. The monoisotopic (exact) mass is 586 g/mol. The highest BCUT2D eigenvalue weighted by molar-refractivity contribution is 6.06. The number of para-hydroxylation sites is 4. The second-order valence-electron chi connectivity index (χ2n) is 10.1. The molecule has 3 atom stereocenters. The number of anilines is 2. The summed E-state index contributed by atoms with van der Waals surface area (Å²) in [5.41, 5.74) is 2.39. The maximum Gasteiger partial charge on any atom is 0.330 e. The van der Waals surface area contributed by atoms with Crippen LogP contribution in [0.2, 0.25) is 0 Å². The quantitative estimate of drug-likeness (QED) is 0.232. The van der Waals surface area contributed by atoms with E-state index >= 15 is 0 Å². The molecule has 3 aromatic carbocycles. The summed E-state index contributed by atoms with van der Waals surface area (Å²) in [5, 5.41) is 20.5. The molecule has 0 saturated carbocycles. The molecule has 1 aliphatic heterocycles. The Morgan fingerprint density at radius 2 is 1.47 bits per heavy atom. The SMILES string of the molecule is COc1ccccc1NC(=O)N(CC1OC(Cc2cc(-c3ccccc3)on2)CCC1O)C(=O)Nc1ccccc1OC. The average molecular weight is 587 g/mol. The summed E-state index contributed by atoms with van der Waals surface area (Å²) in [4.78, 5) is 28.1. The highest BCUT2D eigenvalue weighted by Gasteiger charge is 2.35. The van der Waals surface area contributed by atoms with Crippen LogP contribution >= 0.6 is 0 Å². The van der Waals surface area contributed by atoms with Crippen molar-refractivity contribution in [1.29, 1.82) is 0 Å². The number of ether oxygens (including phenoxy) is 3. The molecule has 0 radical (unpaired) electrons. The van der Waals surface area contributed by atoms with Crippen LogP contribution in [0.25, 0.3) is 11.3 Å². The first-order valence-electron chi connectivity index (χ1n) is 13.9. The lowest BCUT2D eigenvalue weighted by Gasteiger charge is -2.36. The summed E-state index contributed by atoms with van der Waals surface area (Å²) < 4.78 is 22.5. The molecule has 224 valence electrons. The molecule has 0 aliphatic carbocycles. The van der Waals surface area contributed by atoms with Gasteiger partial charge in [-0.3, -0.25) is 0 Å². The van der Waals surface area contributed by atoms with Crippen LogP contribution in [0, 0.1) is 0 Å². The number of imide groups is 1. The zero-order valence-corrected chi connectivity index (χ0v) is 23.9. The number of benzene rings is 3. The number of urea groups is 2. The number of nitrogens with zero attached hydrogens (tertiary/aromatic N) is 2. The first-order valence-corrected chi connectivity index (χ1v) is 13.9. The second-order valence-corrected chi connectivity index (χ2v) is 10.1. The molecule has 3 unspecified atom stereocenters. The van der Waals surface area contributed by atoms with Gasteiger partial charge in [-0.05, 0) is 37.1 Å². The molecule has 5 rings (SSSR count). The smallest absolute Gasteiger partial charge is 0.330 e. The van der Waals surface area contributed by atoms with Gasteiger partial charge in [-0.15, -0.1) is 0 Å². The molecular weight excluding hydrogens is 552 g/mol. The lowest BCUT2D eigenvalue weighted by atomic mass is 9.97. The third-order valence-electron chi connectivity index (χ3n) is 7.18. The minimum Gasteiger partial charge on any atom is -0.495 e. The van der Waals surface area contributed by atoms with E-state index in [1.165, 1.54) is 14.2 Å². The number of methoxy groups -OCH3 is 2. The van der Waals surface area contributed by atoms with Gasteiger partial charge in [0.1, 0.15) is 17.6 Å². The normalized spacial score (nSPS) is 18.0. The third-order valence-corrected chi connectivity index (χ3v) is 7.18. The molecular formula is C32H34N4O7. The number of hydrogen-bond donors (Lipinski definition) is 3. The maximum absolute atomic E-state index is 13.6. The molecule has 3 N–H and O–H groups in total.